The summed E-state index contributed by atoms with van der Waals surface area (Å²) in [4.78, 5) is 51.1. The molecule has 0 aliphatic carbocycles. The zero-order valence-corrected chi connectivity index (χ0v) is 23.2. The first-order valence-electron chi connectivity index (χ1n) is 13.6. The molecule has 3 aromatic rings. The summed E-state index contributed by atoms with van der Waals surface area (Å²) in [5.74, 6) is -0.238. The third-order valence-electron chi connectivity index (χ3n) is 6.86. The van der Waals surface area contributed by atoms with Gasteiger partial charge < -0.3 is 25.5 Å². The van der Waals surface area contributed by atoms with E-state index in [1.807, 2.05) is 42.2 Å². The van der Waals surface area contributed by atoms with E-state index in [0.29, 0.717) is 49.5 Å². The lowest BCUT2D eigenvalue weighted by Crippen LogP contribution is -2.46. The van der Waals surface area contributed by atoms with Gasteiger partial charge in [0.05, 0.1) is 26.2 Å². The number of anilines is 1. The van der Waals surface area contributed by atoms with Crippen LogP contribution >= 0.6 is 0 Å². The molecule has 0 bridgehead atoms. The minimum Gasteiger partial charge on any atom is -0.469 e. The minimum absolute atomic E-state index is 0.0837. The highest BCUT2D eigenvalue weighted by Gasteiger charge is 2.30. The molecule has 0 saturated carbocycles. The van der Waals surface area contributed by atoms with Crippen molar-refractivity contribution in [1.82, 2.24) is 29.7 Å². The molecule has 4 rings (SSSR count). The molecule has 0 spiro atoms. The number of rotatable bonds is 13. The maximum atomic E-state index is 13.3. The van der Waals surface area contributed by atoms with E-state index in [1.165, 1.54) is 11.7 Å². The van der Waals surface area contributed by atoms with Gasteiger partial charge in [-0.05, 0) is 30.0 Å². The molecular weight excluding hydrogens is 514 g/mol. The summed E-state index contributed by atoms with van der Waals surface area (Å²) in [6, 6.07) is 7.25. The fraction of sp³-hybridized carbons (Fsp3) is 0.464. The molecule has 1 aromatic carbocycles. The number of hydrogen-bond donors (Lipinski definition) is 3. The second-order valence-electron chi connectivity index (χ2n) is 9.77. The number of carbonyl (C=O) groups excluding carboxylic acids is 2. The first kappa shape index (κ1) is 28.8. The number of carbonyl (C=O) groups is 2. The lowest BCUT2D eigenvalue weighted by molar-refractivity contribution is -0.139. The summed E-state index contributed by atoms with van der Waals surface area (Å²) >= 11 is 0. The van der Waals surface area contributed by atoms with Crippen LogP contribution < -0.4 is 21.5 Å². The summed E-state index contributed by atoms with van der Waals surface area (Å²) in [5.41, 5.74) is 8.92. The van der Waals surface area contributed by atoms with Crippen molar-refractivity contribution in [3.8, 4) is 6.01 Å². The highest BCUT2D eigenvalue weighted by atomic mass is 16.5. The number of nitrogens with one attached hydrogen (secondary N) is 2. The molecule has 1 atom stereocenters. The molecular formula is C28H37N7O5. The summed E-state index contributed by atoms with van der Waals surface area (Å²) in [6.07, 6.45) is 5.44. The van der Waals surface area contributed by atoms with Crippen LogP contribution in [0.3, 0.4) is 0 Å². The molecule has 0 radical (unpaired) electrons. The Labute approximate surface area is 232 Å². The van der Waals surface area contributed by atoms with Crippen molar-refractivity contribution in [3.63, 3.8) is 0 Å². The number of benzene rings is 1. The molecule has 214 valence electrons. The predicted octanol–water partition coefficient (Wildman–Crippen LogP) is 2.24. The quantitative estimate of drug-likeness (QED) is 0.214. The van der Waals surface area contributed by atoms with Crippen LogP contribution in [0.15, 0.2) is 35.1 Å². The molecule has 1 aliphatic heterocycles. The number of methoxy groups -OCH3 is 1. The number of nitrogens with two attached hydrogens (primary N) is 1. The number of aromatic amines is 1. The molecule has 1 aliphatic rings. The van der Waals surface area contributed by atoms with Crippen molar-refractivity contribution in [2.75, 3.05) is 32.5 Å². The van der Waals surface area contributed by atoms with Crippen LogP contribution in [0.4, 0.5) is 5.82 Å². The number of unbranched alkanes of at least 4 members (excludes halogenated alkanes) is 1. The molecule has 1 unspecified atom stereocenters. The maximum Gasteiger partial charge on any atom is 0.332 e. The number of ether oxygens (including phenoxy) is 2. The zero-order valence-electron chi connectivity index (χ0n) is 23.2. The first-order valence-corrected chi connectivity index (χ1v) is 13.6. The van der Waals surface area contributed by atoms with Crippen molar-refractivity contribution in [3.05, 3.63) is 52.0 Å². The standard InChI is InChI=1S/C28H37N7O5/c1-4-6-14-40-27-32-24(29)23-25(33-27)35(28(38)31-23)20-12-13-34(17-20)21(7-5-2)26(37)30-16-19-10-8-18(9-11-19)15-22(36)39-3/h8-12,21H,4-7,13-17H2,1-3H3,(H,30,37)(H,31,38)(H2,29,32,33). The highest BCUT2D eigenvalue weighted by molar-refractivity contribution is 5.85. The lowest BCUT2D eigenvalue weighted by Gasteiger charge is -2.26. The zero-order chi connectivity index (χ0) is 28.6. The average Bonchev–Trinajstić information content (AvgIpc) is 3.55. The Hall–Kier alpha value is -4.19. The van der Waals surface area contributed by atoms with E-state index in [4.69, 9.17) is 15.2 Å². The largest absolute Gasteiger partial charge is 0.469 e. The SMILES string of the molecule is CCCCOc1nc(N)c2[nH]c(=O)n(C3=CCN(C(CCC)C(=O)NCc4ccc(CC(=O)OC)cc4)C3)c2n1. The van der Waals surface area contributed by atoms with E-state index in [9.17, 15) is 14.4 Å². The number of imidazole rings is 1. The van der Waals surface area contributed by atoms with Gasteiger partial charge in [0, 0.05) is 25.3 Å². The Morgan fingerprint density at radius 1 is 1.15 bits per heavy atom. The second-order valence-corrected chi connectivity index (χ2v) is 9.77. The molecule has 40 heavy (non-hydrogen) atoms. The van der Waals surface area contributed by atoms with Gasteiger partial charge in [-0.2, -0.15) is 9.97 Å². The maximum absolute atomic E-state index is 13.3. The Morgan fingerprint density at radius 3 is 2.60 bits per heavy atom. The van der Waals surface area contributed by atoms with Crippen LogP contribution in [0.25, 0.3) is 16.9 Å². The lowest BCUT2D eigenvalue weighted by atomic mass is 10.1. The molecule has 1 amide bonds. The monoisotopic (exact) mass is 551 g/mol. The highest BCUT2D eigenvalue weighted by Crippen LogP contribution is 2.24. The Balaban J connectivity index is 1.44. The number of amides is 1. The normalized spacial score (nSPS) is 14.2. The molecule has 0 fully saturated rings. The van der Waals surface area contributed by atoms with Gasteiger partial charge in [-0.15, -0.1) is 0 Å². The van der Waals surface area contributed by atoms with Gasteiger partial charge in [-0.1, -0.05) is 51.0 Å². The Bertz CT molecular complexity index is 1430. The smallest absolute Gasteiger partial charge is 0.332 e. The molecule has 12 heteroatoms. The van der Waals surface area contributed by atoms with Gasteiger partial charge in [0.1, 0.15) is 5.52 Å². The molecule has 4 N–H and O–H groups in total. The van der Waals surface area contributed by atoms with Crippen molar-refractivity contribution in [1.29, 1.82) is 0 Å². The van der Waals surface area contributed by atoms with Gasteiger partial charge in [-0.25, -0.2) is 9.36 Å². The van der Waals surface area contributed by atoms with Crippen LogP contribution in [0.1, 0.15) is 50.7 Å². The number of nitrogen functional groups attached to an aromatic ring is 1. The van der Waals surface area contributed by atoms with Gasteiger partial charge in [0.15, 0.2) is 11.5 Å². The van der Waals surface area contributed by atoms with Crippen molar-refractivity contribution in [2.24, 2.45) is 0 Å². The number of hydrogen-bond acceptors (Lipinski definition) is 9. The Kier molecular flexibility index (Phi) is 9.54. The summed E-state index contributed by atoms with van der Waals surface area (Å²) < 4.78 is 11.8. The molecule has 12 nitrogen and oxygen atoms in total. The van der Waals surface area contributed by atoms with Gasteiger partial charge in [0.25, 0.3) is 0 Å². The number of nitrogens with zero attached hydrogens (tertiary/aromatic N) is 4. The van der Waals surface area contributed by atoms with E-state index < -0.39 is 0 Å². The van der Waals surface area contributed by atoms with E-state index in [0.717, 1.165) is 30.4 Å². The summed E-state index contributed by atoms with van der Waals surface area (Å²) in [6.45, 7) is 5.82. The fourth-order valence-corrected chi connectivity index (χ4v) is 4.66. The summed E-state index contributed by atoms with van der Waals surface area (Å²) in [5, 5.41) is 3.04. The second kappa shape index (κ2) is 13.2. The van der Waals surface area contributed by atoms with Gasteiger partial charge in [0.2, 0.25) is 5.91 Å². The van der Waals surface area contributed by atoms with Crippen LogP contribution in [0.5, 0.6) is 6.01 Å². The molecule has 3 heterocycles. The van der Waals surface area contributed by atoms with Crippen LogP contribution in [-0.2, 0) is 27.3 Å². The van der Waals surface area contributed by atoms with E-state index >= 15 is 0 Å². The fourth-order valence-electron chi connectivity index (χ4n) is 4.66. The third-order valence-corrected chi connectivity index (χ3v) is 6.86. The number of H-pyrrole nitrogens is 1. The molecule has 2 aromatic heterocycles. The van der Waals surface area contributed by atoms with E-state index in [2.05, 4.69) is 27.2 Å². The van der Waals surface area contributed by atoms with Crippen molar-refractivity contribution in [2.45, 2.75) is 58.5 Å². The van der Waals surface area contributed by atoms with Gasteiger partial charge in [-0.3, -0.25) is 14.5 Å². The van der Waals surface area contributed by atoms with E-state index in [-0.39, 0.29) is 41.9 Å². The van der Waals surface area contributed by atoms with Crippen molar-refractivity contribution < 1.29 is 19.1 Å². The third kappa shape index (κ3) is 6.68. The van der Waals surface area contributed by atoms with Crippen LogP contribution in [-0.4, -0.2) is 69.1 Å². The van der Waals surface area contributed by atoms with Crippen LogP contribution in [0, 0.1) is 0 Å². The topological polar surface area (TPSA) is 157 Å². The first-order chi connectivity index (χ1) is 19.3. The van der Waals surface area contributed by atoms with E-state index in [1.54, 1.807) is 0 Å². The number of esters is 1. The summed E-state index contributed by atoms with van der Waals surface area (Å²) in [7, 11) is 1.36. The van der Waals surface area contributed by atoms with Gasteiger partial charge >= 0.3 is 17.7 Å². The minimum atomic E-state index is -0.373. The van der Waals surface area contributed by atoms with Crippen LogP contribution in [0.2, 0.25) is 0 Å². The average molecular weight is 552 g/mol. The molecule has 0 saturated heterocycles. The number of aromatic nitrogens is 4. The predicted molar refractivity (Wildman–Crippen MR) is 152 cm³/mol. The van der Waals surface area contributed by atoms with Crippen molar-refractivity contribution >= 4 is 34.6 Å². The number of fused-ring (bicyclic) bond motifs is 1. The Morgan fingerprint density at radius 2 is 1.90 bits per heavy atom.